The molecule has 1 amide bonds. The number of carbonyl (C=O) groups is 2. The average molecular weight is 242 g/mol. The first-order valence-corrected chi connectivity index (χ1v) is 5.59. The van der Waals surface area contributed by atoms with Crippen molar-refractivity contribution < 1.29 is 14.3 Å². The van der Waals surface area contributed by atoms with Gasteiger partial charge >= 0.3 is 5.97 Å². The molecule has 1 aromatic rings. The standard InChI is InChI=1S/C10H14N2O3S/c1-4-12-9(13)7-5(2)6(8(11)16-7)10(14)15-3/h4,11H2,1-3H3,(H,12,13). The van der Waals surface area contributed by atoms with Crippen molar-refractivity contribution in [3.05, 3.63) is 16.0 Å². The molecule has 0 saturated carbocycles. The number of thiophene rings is 1. The maximum Gasteiger partial charge on any atom is 0.341 e. The lowest BCUT2D eigenvalue weighted by molar-refractivity contribution is 0.0601. The van der Waals surface area contributed by atoms with E-state index in [1.807, 2.05) is 6.92 Å². The van der Waals surface area contributed by atoms with E-state index in [2.05, 4.69) is 10.1 Å². The summed E-state index contributed by atoms with van der Waals surface area (Å²) in [6.45, 7) is 4.04. The molecule has 16 heavy (non-hydrogen) atoms. The van der Waals surface area contributed by atoms with E-state index < -0.39 is 5.97 Å². The van der Waals surface area contributed by atoms with Gasteiger partial charge in [0, 0.05) is 6.54 Å². The van der Waals surface area contributed by atoms with Gasteiger partial charge < -0.3 is 15.8 Å². The SMILES string of the molecule is CCNC(=O)c1sc(N)c(C(=O)OC)c1C. The van der Waals surface area contributed by atoms with Crippen LogP contribution in [0.4, 0.5) is 5.00 Å². The molecule has 0 unspecified atom stereocenters. The van der Waals surface area contributed by atoms with E-state index in [1.54, 1.807) is 6.92 Å². The van der Waals surface area contributed by atoms with Crippen LogP contribution in [-0.4, -0.2) is 25.5 Å². The number of rotatable bonds is 3. The molecular formula is C10H14N2O3S. The molecule has 3 N–H and O–H groups in total. The number of hydrogen-bond donors (Lipinski definition) is 2. The van der Waals surface area contributed by atoms with E-state index in [1.165, 1.54) is 7.11 Å². The van der Waals surface area contributed by atoms with Gasteiger partial charge in [-0.2, -0.15) is 0 Å². The molecule has 0 saturated heterocycles. The molecule has 0 bridgehead atoms. The third kappa shape index (κ3) is 2.16. The maximum absolute atomic E-state index is 11.6. The number of esters is 1. The lowest BCUT2D eigenvalue weighted by Crippen LogP contribution is -2.22. The summed E-state index contributed by atoms with van der Waals surface area (Å²) in [5.41, 5.74) is 6.55. The number of anilines is 1. The van der Waals surface area contributed by atoms with Gasteiger partial charge in [-0.1, -0.05) is 0 Å². The second-order valence-electron chi connectivity index (χ2n) is 3.15. The van der Waals surface area contributed by atoms with Crippen molar-refractivity contribution in [2.45, 2.75) is 13.8 Å². The van der Waals surface area contributed by atoms with Gasteiger partial charge in [0.05, 0.1) is 17.6 Å². The molecule has 0 aromatic carbocycles. The number of ether oxygens (including phenoxy) is 1. The van der Waals surface area contributed by atoms with E-state index in [4.69, 9.17) is 5.73 Å². The first kappa shape index (κ1) is 12.5. The molecule has 1 aromatic heterocycles. The first-order chi connectivity index (χ1) is 7.52. The molecule has 0 fully saturated rings. The molecular weight excluding hydrogens is 228 g/mol. The molecule has 0 aliphatic heterocycles. The number of amides is 1. The van der Waals surface area contributed by atoms with Gasteiger partial charge in [-0.25, -0.2) is 4.79 Å². The predicted molar refractivity (Wildman–Crippen MR) is 62.8 cm³/mol. The van der Waals surface area contributed by atoms with Gasteiger partial charge in [-0.3, -0.25) is 4.79 Å². The van der Waals surface area contributed by atoms with Crippen molar-refractivity contribution in [2.24, 2.45) is 0 Å². The minimum atomic E-state index is -0.512. The lowest BCUT2D eigenvalue weighted by atomic mass is 10.1. The van der Waals surface area contributed by atoms with Crippen molar-refractivity contribution in [2.75, 3.05) is 19.4 Å². The van der Waals surface area contributed by atoms with Crippen LogP contribution in [0, 0.1) is 6.92 Å². The Balaban J connectivity index is 3.16. The Morgan fingerprint density at radius 2 is 2.12 bits per heavy atom. The van der Waals surface area contributed by atoms with Gasteiger partial charge in [-0.05, 0) is 19.4 Å². The molecule has 0 radical (unpaired) electrons. The fraction of sp³-hybridized carbons (Fsp3) is 0.400. The minimum Gasteiger partial charge on any atom is -0.465 e. The Labute approximate surface area is 97.6 Å². The average Bonchev–Trinajstić information content (AvgIpc) is 2.54. The molecule has 0 aliphatic carbocycles. The molecule has 1 rings (SSSR count). The molecule has 88 valence electrons. The fourth-order valence-corrected chi connectivity index (χ4v) is 2.33. The van der Waals surface area contributed by atoms with Gasteiger partial charge in [0.1, 0.15) is 5.00 Å². The van der Waals surface area contributed by atoms with Crippen molar-refractivity contribution in [1.82, 2.24) is 5.32 Å². The largest absolute Gasteiger partial charge is 0.465 e. The molecule has 5 nitrogen and oxygen atoms in total. The van der Waals surface area contributed by atoms with Crippen LogP contribution >= 0.6 is 11.3 Å². The Morgan fingerprint density at radius 3 is 2.62 bits per heavy atom. The zero-order chi connectivity index (χ0) is 12.3. The van der Waals surface area contributed by atoms with Gasteiger partial charge in [0.15, 0.2) is 0 Å². The summed E-state index contributed by atoms with van der Waals surface area (Å²) < 4.78 is 4.61. The van der Waals surface area contributed by atoms with Crippen LogP contribution in [0.1, 0.15) is 32.5 Å². The molecule has 1 heterocycles. The number of hydrogen-bond acceptors (Lipinski definition) is 5. The highest BCUT2D eigenvalue weighted by Gasteiger charge is 2.23. The highest BCUT2D eigenvalue weighted by molar-refractivity contribution is 7.18. The highest BCUT2D eigenvalue weighted by atomic mass is 32.1. The summed E-state index contributed by atoms with van der Waals surface area (Å²) in [5, 5.41) is 2.97. The minimum absolute atomic E-state index is 0.216. The monoisotopic (exact) mass is 242 g/mol. The van der Waals surface area contributed by atoms with Crippen LogP contribution < -0.4 is 11.1 Å². The zero-order valence-corrected chi connectivity index (χ0v) is 10.2. The van der Waals surface area contributed by atoms with E-state index >= 15 is 0 Å². The summed E-state index contributed by atoms with van der Waals surface area (Å²) in [7, 11) is 1.28. The van der Waals surface area contributed by atoms with E-state index in [-0.39, 0.29) is 11.5 Å². The van der Waals surface area contributed by atoms with Crippen LogP contribution in [0.2, 0.25) is 0 Å². The Morgan fingerprint density at radius 1 is 1.50 bits per heavy atom. The van der Waals surface area contributed by atoms with Crippen LogP contribution in [0.5, 0.6) is 0 Å². The molecule has 0 aliphatic rings. The lowest BCUT2D eigenvalue weighted by Gasteiger charge is -2.01. The van der Waals surface area contributed by atoms with E-state index in [9.17, 15) is 9.59 Å². The summed E-state index contributed by atoms with van der Waals surface area (Å²) in [6.07, 6.45) is 0. The first-order valence-electron chi connectivity index (χ1n) is 4.78. The van der Waals surface area contributed by atoms with Crippen molar-refractivity contribution in [3.63, 3.8) is 0 Å². The molecule has 6 heteroatoms. The normalized spacial score (nSPS) is 9.94. The van der Waals surface area contributed by atoms with Crippen molar-refractivity contribution in [3.8, 4) is 0 Å². The summed E-state index contributed by atoms with van der Waals surface area (Å²) >= 11 is 1.10. The quantitative estimate of drug-likeness (QED) is 0.780. The summed E-state index contributed by atoms with van der Waals surface area (Å²) in [6, 6.07) is 0. The number of nitrogens with two attached hydrogens (primary N) is 1. The maximum atomic E-state index is 11.6. The van der Waals surface area contributed by atoms with Crippen LogP contribution in [0.25, 0.3) is 0 Å². The Hall–Kier alpha value is -1.56. The van der Waals surface area contributed by atoms with Crippen LogP contribution in [-0.2, 0) is 4.74 Å². The third-order valence-electron chi connectivity index (χ3n) is 2.11. The zero-order valence-electron chi connectivity index (χ0n) is 9.42. The second kappa shape index (κ2) is 4.98. The van der Waals surface area contributed by atoms with Crippen molar-refractivity contribution >= 4 is 28.2 Å². The molecule has 0 atom stereocenters. The van der Waals surface area contributed by atoms with E-state index in [0.717, 1.165) is 11.3 Å². The smallest absolute Gasteiger partial charge is 0.341 e. The number of nitrogens with one attached hydrogen (secondary N) is 1. The highest BCUT2D eigenvalue weighted by Crippen LogP contribution is 2.30. The van der Waals surface area contributed by atoms with Crippen LogP contribution in [0.15, 0.2) is 0 Å². The Kier molecular flexibility index (Phi) is 3.89. The number of carbonyl (C=O) groups excluding carboxylic acids is 2. The fourth-order valence-electron chi connectivity index (χ4n) is 1.35. The van der Waals surface area contributed by atoms with Gasteiger partial charge in [-0.15, -0.1) is 11.3 Å². The van der Waals surface area contributed by atoms with Gasteiger partial charge in [0.2, 0.25) is 0 Å². The second-order valence-corrected chi connectivity index (χ2v) is 4.20. The number of methoxy groups -OCH3 is 1. The molecule has 0 spiro atoms. The van der Waals surface area contributed by atoms with Crippen LogP contribution in [0.3, 0.4) is 0 Å². The predicted octanol–water partition coefficient (Wildman–Crippen LogP) is 1.18. The number of nitrogen functional groups attached to an aromatic ring is 1. The van der Waals surface area contributed by atoms with Crippen molar-refractivity contribution in [1.29, 1.82) is 0 Å². The van der Waals surface area contributed by atoms with E-state index in [0.29, 0.717) is 22.0 Å². The summed E-state index contributed by atoms with van der Waals surface area (Å²) in [4.78, 5) is 23.5. The van der Waals surface area contributed by atoms with Gasteiger partial charge in [0.25, 0.3) is 5.91 Å². The third-order valence-corrected chi connectivity index (χ3v) is 3.23. The topological polar surface area (TPSA) is 81.4 Å². The Bertz CT molecular complexity index is 426. The summed E-state index contributed by atoms with van der Waals surface area (Å²) in [5.74, 6) is -0.728.